The monoisotopic (exact) mass is 236 g/mol. The second-order valence-corrected chi connectivity index (χ2v) is 4.21. The maximum atomic E-state index is 11.1. The van der Waals surface area contributed by atoms with Gasteiger partial charge in [-0.3, -0.25) is 9.88 Å². The predicted octanol–water partition coefficient (Wildman–Crippen LogP) is 2.04. The summed E-state index contributed by atoms with van der Waals surface area (Å²) in [5.41, 5.74) is 1.57. The van der Waals surface area contributed by atoms with Gasteiger partial charge >= 0.3 is 6.09 Å². The van der Waals surface area contributed by atoms with E-state index in [1.54, 1.807) is 0 Å². The fraction of sp³-hybridized carbons (Fsp3) is 0.500. The molecule has 2 heterocycles. The summed E-state index contributed by atoms with van der Waals surface area (Å²) in [6, 6.07) is 3.74. The van der Waals surface area contributed by atoms with Crippen molar-refractivity contribution in [3.05, 3.63) is 23.5 Å². The van der Waals surface area contributed by atoms with Crippen LogP contribution in [0.1, 0.15) is 24.7 Å². The molecule has 0 bridgehead atoms. The standard InChI is InChI=1S/C12H16N2O3/c1-3-9-6-14(12(15)16)7-10-11(17-9)5-4-8(2)13-10/h4-5,9H,3,6-7H2,1-2H3,(H,15,16). The lowest BCUT2D eigenvalue weighted by molar-refractivity contribution is 0.114. The van der Waals surface area contributed by atoms with Crippen LogP contribution in [0.2, 0.25) is 0 Å². The Morgan fingerprint density at radius 2 is 2.41 bits per heavy atom. The van der Waals surface area contributed by atoms with E-state index in [1.807, 2.05) is 26.0 Å². The number of pyridine rings is 1. The summed E-state index contributed by atoms with van der Waals surface area (Å²) in [5.74, 6) is 0.700. The van der Waals surface area contributed by atoms with Gasteiger partial charge in [-0.05, 0) is 25.5 Å². The molecule has 0 spiro atoms. The molecule has 1 aromatic rings. The van der Waals surface area contributed by atoms with Crippen molar-refractivity contribution in [2.45, 2.75) is 32.9 Å². The Hall–Kier alpha value is -1.78. The summed E-state index contributed by atoms with van der Waals surface area (Å²) < 4.78 is 5.77. The Labute approximate surface area is 100 Å². The third kappa shape index (κ3) is 2.49. The van der Waals surface area contributed by atoms with Crippen LogP contribution in [0.3, 0.4) is 0 Å². The van der Waals surface area contributed by atoms with E-state index < -0.39 is 6.09 Å². The average molecular weight is 236 g/mol. The molecule has 0 radical (unpaired) electrons. The van der Waals surface area contributed by atoms with Crippen LogP contribution in [0.4, 0.5) is 4.79 Å². The number of carbonyl (C=O) groups is 1. The van der Waals surface area contributed by atoms with Crippen molar-refractivity contribution >= 4 is 6.09 Å². The first-order valence-corrected chi connectivity index (χ1v) is 5.71. The molecular weight excluding hydrogens is 220 g/mol. The zero-order valence-electron chi connectivity index (χ0n) is 10.0. The van der Waals surface area contributed by atoms with Crippen molar-refractivity contribution in [2.75, 3.05) is 6.54 Å². The number of hydrogen-bond acceptors (Lipinski definition) is 3. The van der Waals surface area contributed by atoms with Crippen LogP contribution in [-0.2, 0) is 6.54 Å². The summed E-state index contributed by atoms with van der Waals surface area (Å²) >= 11 is 0. The zero-order chi connectivity index (χ0) is 12.4. The quantitative estimate of drug-likeness (QED) is 0.810. The van der Waals surface area contributed by atoms with Crippen LogP contribution in [0.15, 0.2) is 12.1 Å². The van der Waals surface area contributed by atoms with Crippen molar-refractivity contribution in [3.63, 3.8) is 0 Å². The molecule has 0 saturated carbocycles. The Balaban J connectivity index is 2.35. The molecule has 1 atom stereocenters. The van der Waals surface area contributed by atoms with Crippen molar-refractivity contribution in [1.29, 1.82) is 0 Å². The van der Waals surface area contributed by atoms with E-state index in [2.05, 4.69) is 4.98 Å². The second-order valence-electron chi connectivity index (χ2n) is 4.21. The molecule has 1 unspecified atom stereocenters. The first-order chi connectivity index (χ1) is 8.10. The Kier molecular flexibility index (Phi) is 3.17. The van der Waals surface area contributed by atoms with Crippen LogP contribution in [0, 0.1) is 6.92 Å². The molecular formula is C12H16N2O3. The highest BCUT2D eigenvalue weighted by atomic mass is 16.5. The number of carboxylic acid groups (broad SMARTS) is 1. The van der Waals surface area contributed by atoms with Crippen molar-refractivity contribution in [2.24, 2.45) is 0 Å². The Morgan fingerprint density at radius 1 is 1.65 bits per heavy atom. The summed E-state index contributed by atoms with van der Waals surface area (Å²) in [6.07, 6.45) is -0.253. The number of hydrogen-bond donors (Lipinski definition) is 1. The van der Waals surface area contributed by atoms with E-state index in [4.69, 9.17) is 9.84 Å². The lowest BCUT2D eigenvalue weighted by Gasteiger charge is -2.19. The van der Waals surface area contributed by atoms with Gasteiger partial charge in [0.05, 0.1) is 13.1 Å². The van der Waals surface area contributed by atoms with E-state index in [9.17, 15) is 4.79 Å². The van der Waals surface area contributed by atoms with Gasteiger partial charge in [-0.25, -0.2) is 4.79 Å². The number of fused-ring (bicyclic) bond motifs is 1. The lowest BCUT2D eigenvalue weighted by Crippen LogP contribution is -2.36. The SMILES string of the molecule is CCC1CN(C(=O)O)Cc2nc(C)ccc2O1. The normalized spacial score (nSPS) is 19.2. The first kappa shape index (κ1) is 11.7. The van der Waals surface area contributed by atoms with E-state index in [1.165, 1.54) is 4.90 Å². The topological polar surface area (TPSA) is 62.7 Å². The highest BCUT2D eigenvalue weighted by Crippen LogP contribution is 2.24. The summed E-state index contributed by atoms with van der Waals surface area (Å²) in [6.45, 7) is 4.55. The maximum Gasteiger partial charge on any atom is 0.407 e. The number of rotatable bonds is 1. The van der Waals surface area contributed by atoms with Crippen LogP contribution in [0.5, 0.6) is 5.75 Å². The van der Waals surface area contributed by atoms with Gasteiger partial charge in [0.1, 0.15) is 17.5 Å². The van der Waals surface area contributed by atoms with Crippen LogP contribution in [0.25, 0.3) is 0 Å². The van der Waals surface area contributed by atoms with E-state index in [0.29, 0.717) is 24.5 Å². The molecule has 1 N–H and O–H groups in total. The molecule has 5 heteroatoms. The third-order valence-electron chi connectivity index (χ3n) is 2.86. The number of amides is 1. The van der Waals surface area contributed by atoms with Gasteiger partial charge in [-0.2, -0.15) is 0 Å². The maximum absolute atomic E-state index is 11.1. The highest BCUT2D eigenvalue weighted by molar-refractivity contribution is 5.65. The molecule has 92 valence electrons. The van der Waals surface area contributed by atoms with Gasteiger partial charge in [0, 0.05) is 5.69 Å². The third-order valence-corrected chi connectivity index (χ3v) is 2.86. The number of aromatic nitrogens is 1. The highest BCUT2D eigenvalue weighted by Gasteiger charge is 2.25. The fourth-order valence-corrected chi connectivity index (χ4v) is 1.88. The number of nitrogens with zero attached hydrogens (tertiary/aromatic N) is 2. The molecule has 0 aromatic carbocycles. The molecule has 1 aliphatic heterocycles. The van der Waals surface area contributed by atoms with Crippen molar-refractivity contribution in [1.82, 2.24) is 9.88 Å². The lowest BCUT2D eigenvalue weighted by atomic mass is 10.2. The van der Waals surface area contributed by atoms with Crippen LogP contribution in [-0.4, -0.2) is 33.7 Å². The van der Waals surface area contributed by atoms with Crippen molar-refractivity contribution < 1.29 is 14.6 Å². The molecule has 1 aromatic heterocycles. The van der Waals surface area contributed by atoms with Crippen LogP contribution < -0.4 is 4.74 Å². The van der Waals surface area contributed by atoms with Gasteiger partial charge in [0.15, 0.2) is 0 Å². The van der Waals surface area contributed by atoms with Gasteiger partial charge in [0.2, 0.25) is 0 Å². The zero-order valence-corrected chi connectivity index (χ0v) is 10.0. The number of ether oxygens (including phenoxy) is 1. The summed E-state index contributed by atoms with van der Waals surface area (Å²) in [5, 5.41) is 9.11. The minimum atomic E-state index is -0.928. The van der Waals surface area contributed by atoms with E-state index in [0.717, 1.165) is 12.1 Å². The largest absolute Gasteiger partial charge is 0.487 e. The van der Waals surface area contributed by atoms with E-state index >= 15 is 0 Å². The second kappa shape index (κ2) is 4.61. The van der Waals surface area contributed by atoms with Gasteiger partial charge in [-0.15, -0.1) is 0 Å². The molecule has 0 saturated heterocycles. The Bertz CT molecular complexity index is 434. The predicted molar refractivity (Wildman–Crippen MR) is 62.1 cm³/mol. The molecule has 2 rings (SSSR count). The van der Waals surface area contributed by atoms with Gasteiger partial charge in [-0.1, -0.05) is 6.92 Å². The van der Waals surface area contributed by atoms with Crippen LogP contribution >= 0.6 is 0 Å². The average Bonchev–Trinajstić information content (AvgIpc) is 2.47. The fourth-order valence-electron chi connectivity index (χ4n) is 1.88. The minimum Gasteiger partial charge on any atom is -0.487 e. The molecule has 0 fully saturated rings. The molecule has 5 nitrogen and oxygen atoms in total. The summed E-state index contributed by atoms with van der Waals surface area (Å²) in [4.78, 5) is 16.8. The summed E-state index contributed by atoms with van der Waals surface area (Å²) in [7, 11) is 0. The molecule has 0 aliphatic carbocycles. The van der Waals surface area contributed by atoms with Gasteiger partial charge < -0.3 is 9.84 Å². The Morgan fingerprint density at radius 3 is 3.06 bits per heavy atom. The number of aryl methyl sites for hydroxylation is 1. The molecule has 1 amide bonds. The van der Waals surface area contributed by atoms with Crippen molar-refractivity contribution in [3.8, 4) is 5.75 Å². The van der Waals surface area contributed by atoms with Gasteiger partial charge in [0.25, 0.3) is 0 Å². The van der Waals surface area contributed by atoms with E-state index in [-0.39, 0.29) is 6.10 Å². The first-order valence-electron chi connectivity index (χ1n) is 5.71. The minimum absolute atomic E-state index is 0.100. The molecule has 1 aliphatic rings. The molecule has 17 heavy (non-hydrogen) atoms. The smallest absolute Gasteiger partial charge is 0.407 e.